The van der Waals surface area contributed by atoms with Crippen LogP contribution in [0.15, 0.2) is 12.1 Å². The van der Waals surface area contributed by atoms with Crippen molar-refractivity contribution in [3.8, 4) is 5.75 Å². The van der Waals surface area contributed by atoms with E-state index in [-0.39, 0.29) is 18.2 Å². The molecular weight excluding hydrogens is 246 g/mol. The molecule has 1 unspecified atom stereocenters. The molecule has 0 spiro atoms. The highest BCUT2D eigenvalue weighted by Gasteiger charge is 2.14. The number of hydrogen-bond donors (Lipinski definition) is 1. The number of aryl methyl sites for hydroxylation is 2. The van der Waals surface area contributed by atoms with Crippen molar-refractivity contribution < 1.29 is 14.8 Å². The number of nitro benzene ring substituents is 1. The van der Waals surface area contributed by atoms with Crippen LogP contribution < -0.4 is 4.74 Å². The van der Waals surface area contributed by atoms with E-state index in [0.717, 1.165) is 0 Å². The van der Waals surface area contributed by atoms with Gasteiger partial charge in [-0.2, -0.15) is 0 Å². The van der Waals surface area contributed by atoms with Crippen LogP contribution in [0.25, 0.3) is 0 Å². The van der Waals surface area contributed by atoms with Gasteiger partial charge in [-0.25, -0.2) is 0 Å². The summed E-state index contributed by atoms with van der Waals surface area (Å²) in [5, 5.41) is 20.0. The Morgan fingerprint density at radius 2 is 2.12 bits per heavy atom. The highest BCUT2D eigenvalue weighted by Crippen LogP contribution is 2.27. The number of aliphatic hydroxyl groups is 1. The van der Waals surface area contributed by atoms with E-state index >= 15 is 0 Å². The van der Waals surface area contributed by atoms with E-state index in [1.54, 1.807) is 19.9 Å². The molecule has 0 saturated carbocycles. The highest BCUT2D eigenvalue weighted by molar-refractivity contribution is 6.18. The number of halogens is 1. The minimum Gasteiger partial charge on any atom is -0.491 e. The van der Waals surface area contributed by atoms with Gasteiger partial charge in [-0.05, 0) is 25.5 Å². The van der Waals surface area contributed by atoms with Crippen molar-refractivity contribution in [3.05, 3.63) is 33.4 Å². The molecule has 94 valence electrons. The van der Waals surface area contributed by atoms with Crippen LogP contribution in [0.3, 0.4) is 0 Å². The molecule has 0 aliphatic heterocycles. The number of nitro groups is 1. The number of alkyl halides is 1. The Kier molecular flexibility index (Phi) is 4.72. The van der Waals surface area contributed by atoms with Crippen molar-refractivity contribution in [1.82, 2.24) is 0 Å². The molecular formula is C11H14ClNO4. The molecule has 0 aliphatic carbocycles. The van der Waals surface area contributed by atoms with E-state index < -0.39 is 11.0 Å². The van der Waals surface area contributed by atoms with Crippen LogP contribution in [0, 0.1) is 24.0 Å². The maximum absolute atomic E-state index is 10.7. The Labute approximate surface area is 104 Å². The monoisotopic (exact) mass is 259 g/mol. The van der Waals surface area contributed by atoms with Crippen LogP contribution in [-0.2, 0) is 0 Å². The predicted molar refractivity (Wildman–Crippen MR) is 64.8 cm³/mol. The van der Waals surface area contributed by atoms with Gasteiger partial charge in [0.25, 0.3) is 5.69 Å². The van der Waals surface area contributed by atoms with Crippen LogP contribution in [-0.4, -0.2) is 28.6 Å². The van der Waals surface area contributed by atoms with Crippen molar-refractivity contribution in [1.29, 1.82) is 0 Å². The molecule has 0 aliphatic rings. The van der Waals surface area contributed by atoms with Crippen LogP contribution in [0.2, 0.25) is 0 Å². The summed E-state index contributed by atoms with van der Waals surface area (Å²) in [5.41, 5.74) is 1.24. The Morgan fingerprint density at radius 1 is 1.47 bits per heavy atom. The van der Waals surface area contributed by atoms with Gasteiger partial charge in [-0.15, -0.1) is 11.6 Å². The number of benzene rings is 1. The summed E-state index contributed by atoms with van der Waals surface area (Å²) in [6.07, 6.45) is -0.744. The lowest BCUT2D eigenvalue weighted by atomic mass is 10.1. The van der Waals surface area contributed by atoms with Gasteiger partial charge in [0.2, 0.25) is 0 Å². The summed E-state index contributed by atoms with van der Waals surface area (Å²) in [7, 11) is 0. The standard InChI is InChI=1S/C11H14ClNO4/c1-7-4-11(17-6-9(14)5-12)8(2)3-10(7)13(15)16/h3-4,9,14H,5-6H2,1-2H3. The van der Waals surface area contributed by atoms with Crippen molar-refractivity contribution in [2.45, 2.75) is 20.0 Å². The lowest BCUT2D eigenvalue weighted by molar-refractivity contribution is -0.385. The summed E-state index contributed by atoms with van der Waals surface area (Å²) >= 11 is 5.44. The van der Waals surface area contributed by atoms with Crippen molar-refractivity contribution >= 4 is 17.3 Å². The first-order valence-corrected chi connectivity index (χ1v) is 5.61. The van der Waals surface area contributed by atoms with Gasteiger partial charge in [-0.1, -0.05) is 0 Å². The first-order valence-electron chi connectivity index (χ1n) is 5.08. The molecule has 1 N–H and O–H groups in total. The van der Waals surface area contributed by atoms with Crippen LogP contribution in [0.1, 0.15) is 11.1 Å². The number of aliphatic hydroxyl groups excluding tert-OH is 1. The average Bonchev–Trinajstić information content (AvgIpc) is 2.28. The second-order valence-electron chi connectivity index (χ2n) is 3.78. The quantitative estimate of drug-likeness (QED) is 0.500. The molecule has 1 rings (SSSR count). The number of rotatable bonds is 5. The number of ether oxygens (including phenoxy) is 1. The summed E-state index contributed by atoms with van der Waals surface area (Å²) in [6, 6.07) is 3.05. The summed E-state index contributed by atoms with van der Waals surface area (Å²) in [6.45, 7) is 3.43. The van der Waals surface area contributed by atoms with E-state index in [9.17, 15) is 15.2 Å². The molecule has 1 aromatic carbocycles. The first kappa shape index (κ1) is 13.7. The first-order chi connectivity index (χ1) is 7.95. The molecule has 17 heavy (non-hydrogen) atoms. The normalized spacial score (nSPS) is 12.2. The Morgan fingerprint density at radius 3 is 2.65 bits per heavy atom. The molecule has 0 amide bonds. The molecule has 0 fully saturated rings. The van der Waals surface area contributed by atoms with Gasteiger partial charge in [0, 0.05) is 11.6 Å². The third-order valence-corrected chi connectivity index (χ3v) is 2.66. The molecule has 0 radical (unpaired) electrons. The van der Waals surface area contributed by atoms with Crippen LogP contribution in [0.4, 0.5) is 5.69 Å². The Hall–Kier alpha value is -1.33. The van der Waals surface area contributed by atoms with E-state index in [1.165, 1.54) is 6.07 Å². The van der Waals surface area contributed by atoms with Gasteiger partial charge in [0.1, 0.15) is 18.5 Å². The van der Waals surface area contributed by atoms with Gasteiger partial charge < -0.3 is 9.84 Å². The predicted octanol–water partition coefficient (Wildman–Crippen LogP) is 2.19. The van der Waals surface area contributed by atoms with Crippen LogP contribution >= 0.6 is 11.6 Å². The third kappa shape index (κ3) is 3.57. The maximum atomic E-state index is 10.7. The fraction of sp³-hybridized carbons (Fsp3) is 0.455. The highest BCUT2D eigenvalue weighted by atomic mass is 35.5. The van der Waals surface area contributed by atoms with Gasteiger partial charge >= 0.3 is 0 Å². The zero-order chi connectivity index (χ0) is 13.0. The van der Waals surface area contributed by atoms with E-state index in [2.05, 4.69) is 0 Å². The maximum Gasteiger partial charge on any atom is 0.272 e. The Bertz CT molecular complexity index is 422. The van der Waals surface area contributed by atoms with Crippen molar-refractivity contribution in [2.24, 2.45) is 0 Å². The van der Waals surface area contributed by atoms with Crippen molar-refractivity contribution in [3.63, 3.8) is 0 Å². The van der Waals surface area contributed by atoms with E-state index in [4.69, 9.17) is 16.3 Å². The molecule has 6 heteroatoms. The fourth-order valence-corrected chi connectivity index (χ4v) is 1.45. The third-order valence-electron chi connectivity index (χ3n) is 2.30. The molecule has 1 aromatic rings. The average molecular weight is 260 g/mol. The SMILES string of the molecule is Cc1cc([N+](=O)[O-])c(C)cc1OCC(O)CCl. The molecule has 5 nitrogen and oxygen atoms in total. The van der Waals surface area contributed by atoms with Gasteiger partial charge in [0.15, 0.2) is 0 Å². The number of hydrogen-bond acceptors (Lipinski definition) is 4. The second-order valence-corrected chi connectivity index (χ2v) is 4.09. The molecule has 0 bridgehead atoms. The molecule has 0 saturated heterocycles. The Balaban J connectivity index is 2.88. The second kappa shape index (κ2) is 5.84. The van der Waals surface area contributed by atoms with E-state index in [1.807, 2.05) is 0 Å². The lowest BCUT2D eigenvalue weighted by Gasteiger charge is -2.12. The minimum absolute atomic E-state index is 0.0627. The van der Waals surface area contributed by atoms with Crippen molar-refractivity contribution in [2.75, 3.05) is 12.5 Å². The zero-order valence-corrected chi connectivity index (χ0v) is 10.4. The summed E-state index contributed by atoms with van der Waals surface area (Å²) < 4.78 is 5.35. The van der Waals surface area contributed by atoms with Crippen LogP contribution in [0.5, 0.6) is 5.75 Å². The van der Waals surface area contributed by atoms with E-state index in [0.29, 0.717) is 16.9 Å². The van der Waals surface area contributed by atoms with Gasteiger partial charge in [0.05, 0.1) is 10.8 Å². The smallest absolute Gasteiger partial charge is 0.272 e. The molecule has 0 heterocycles. The molecule has 0 aromatic heterocycles. The molecule has 1 atom stereocenters. The topological polar surface area (TPSA) is 72.6 Å². The lowest BCUT2D eigenvalue weighted by Crippen LogP contribution is -2.19. The minimum atomic E-state index is -0.744. The zero-order valence-electron chi connectivity index (χ0n) is 9.64. The number of nitrogens with zero attached hydrogens (tertiary/aromatic N) is 1. The van der Waals surface area contributed by atoms with Gasteiger partial charge in [-0.3, -0.25) is 10.1 Å². The fourth-order valence-electron chi connectivity index (χ4n) is 1.36. The largest absolute Gasteiger partial charge is 0.491 e. The summed E-state index contributed by atoms with van der Waals surface area (Å²) in [5.74, 6) is 0.614. The summed E-state index contributed by atoms with van der Waals surface area (Å²) in [4.78, 5) is 10.3.